The van der Waals surface area contributed by atoms with Crippen LogP contribution in [0.25, 0.3) is 5.69 Å². The summed E-state index contributed by atoms with van der Waals surface area (Å²) in [6, 6.07) is 1.63. The fourth-order valence-electron chi connectivity index (χ4n) is 3.53. The van der Waals surface area contributed by atoms with Gasteiger partial charge in [-0.15, -0.1) is 5.10 Å². The van der Waals surface area contributed by atoms with E-state index in [9.17, 15) is 22.8 Å². The molecule has 0 saturated heterocycles. The van der Waals surface area contributed by atoms with E-state index in [-0.39, 0.29) is 0 Å². The Morgan fingerprint density at radius 1 is 1.30 bits per heavy atom. The summed E-state index contributed by atoms with van der Waals surface area (Å²) in [7, 11) is 0. The molecule has 2 aliphatic rings. The lowest BCUT2D eigenvalue weighted by Crippen LogP contribution is -2.69. The van der Waals surface area contributed by atoms with E-state index >= 15 is 4.39 Å². The third-order valence-electron chi connectivity index (χ3n) is 5.41. The van der Waals surface area contributed by atoms with Gasteiger partial charge in [0.15, 0.2) is 6.10 Å². The Labute approximate surface area is 184 Å². The molecule has 2 aromatic rings. The number of amides is 1. The number of nitrogens with zero attached hydrogens (tertiary/aromatic N) is 4. The molecule has 3 N–H and O–H groups in total. The Bertz CT molecular complexity index is 1230. The predicted octanol–water partition coefficient (Wildman–Crippen LogP) is 1.36. The lowest BCUT2D eigenvalue weighted by atomic mass is 10.1. The Hall–Kier alpha value is -3.48. The maximum atomic E-state index is 15.1. The molecule has 4 rings (SSSR count). The van der Waals surface area contributed by atoms with E-state index in [2.05, 4.69) is 15.5 Å². The zero-order valence-electron chi connectivity index (χ0n) is 17.7. The van der Waals surface area contributed by atoms with Gasteiger partial charge in [0, 0.05) is 19.0 Å². The second kappa shape index (κ2) is 8.46. The number of alkyl halides is 3. The van der Waals surface area contributed by atoms with E-state index < -0.39 is 46.7 Å². The number of hydrogen-bond acceptors (Lipinski definition) is 5. The summed E-state index contributed by atoms with van der Waals surface area (Å²) in [4.78, 5) is 25.5. The number of benzene rings is 1. The van der Waals surface area contributed by atoms with Crippen LogP contribution in [0.3, 0.4) is 0 Å². The molecule has 0 fully saturated rings. The molecule has 0 aliphatic carbocycles. The molecular weight excluding hydrogens is 448 g/mol. The maximum Gasteiger partial charge on any atom is 0.425 e. The number of aromatic nitrogens is 3. The molecule has 9 nitrogen and oxygen atoms in total. The lowest BCUT2D eigenvalue weighted by Gasteiger charge is -2.20. The highest BCUT2D eigenvalue weighted by Gasteiger charge is 2.39. The SMILES string of the molecule is CC1=N[NH2+]C=C1NC(=O)c1cc(F)c(-n2nc3n(c2=O)CCCC3)cc1O[C@@H](C)C(F)(F)F. The van der Waals surface area contributed by atoms with Crippen LogP contribution in [0.4, 0.5) is 17.6 Å². The Morgan fingerprint density at radius 3 is 2.70 bits per heavy atom. The van der Waals surface area contributed by atoms with Gasteiger partial charge in [-0.2, -0.15) is 23.3 Å². The number of quaternary nitrogens is 1. The van der Waals surface area contributed by atoms with Crippen LogP contribution in [0.15, 0.2) is 33.9 Å². The summed E-state index contributed by atoms with van der Waals surface area (Å²) in [5.41, 5.74) is 0.733. The molecule has 0 unspecified atom stereocenters. The topological polar surface area (TPSA) is 107 Å². The highest BCUT2D eigenvalue weighted by Crippen LogP contribution is 2.30. The molecule has 33 heavy (non-hydrogen) atoms. The summed E-state index contributed by atoms with van der Waals surface area (Å²) in [6.45, 7) is 2.80. The quantitative estimate of drug-likeness (QED) is 0.510. The summed E-state index contributed by atoms with van der Waals surface area (Å²) in [6.07, 6.45) is -3.45. The van der Waals surface area contributed by atoms with Crippen molar-refractivity contribution in [3.63, 3.8) is 0 Å². The summed E-state index contributed by atoms with van der Waals surface area (Å²) >= 11 is 0. The highest BCUT2D eigenvalue weighted by atomic mass is 19.4. The molecule has 0 saturated carbocycles. The van der Waals surface area contributed by atoms with Crippen molar-refractivity contribution in [2.24, 2.45) is 5.10 Å². The van der Waals surface area contributed by atoms with Crippen LogP contribution in [-0.2, 0) is 13.0 Å². The third kappa shape index (κ3) is 4.40. The van der Waals surface area contributed by atoms with Crippen molar-refractivity contribution < 1.29 is 32.5 Å². The molecule has 1 aromatic heterocycles. The highest BCUT2D eigenvalue weighted by molar-refractivity contribution is 6.06. The summed E-state index contributed by atoms with van der Waals surface area (Å²) < 4.78 is 61.8. The average Bonchev–Trinajstić information content (AvgIpc) is 3.31. The first kappa shape index (κ1) is 22.7. The number of carbonyl (C=O) groups is 1. The monoisotopic (exact) mass is 469 g/mol. The lowest BCUT2D eigenvalue weighted by molar-refractivity contribution is -0.590. The molecule has 0 radical (unpaired) electrons. The normalized spacial score (nSPS) is 16.7. The van der Waals surface area contributed by atoms with Crippen molar-refractivity contribution in [1.82, 2.24) is 19.7 Å². The van der Waals surface area contributed by atoms with Crippen molar-refractivity contribution >= 4 is 11.6 Å². The fourth-order valence-corrected chi connectivity index (χ4v) is 3.53. The van der Waals surface area contributed by atoms with Crippen LogP contribution in [0, 0.1) is 5.82 Å². The van der Waals surface area contributed by atoms with E-state index in [0.29, 0.717) is 30.2 Å². The maximum absolute atomic E-state index is 15.1. The first-order chi connectivity index (χ1) is 15.6. The fraction of sp³-hybridized carbons (Fsp3) is 0.400. The van der Waals surface area contributed by atoms with Gasteiger partial charge in [0.25, 0.3) is 5.91 Å². The molecule has 1 atom stereocenters. The van der Waals surface area contributed by atoms with Crippen LogP contribution in [0.1, 0.15) is 42.9 Å². The molecule has 0 bridgehead atoms. The molecular formula is C20H21F4N6O3+. The van der Waals surface area contributed by atoms with Crippen LogP contribution < -0.4 is 21.2 Å². The smallest absolute Gasteiger partial charge is 0.425 e. The minimum atomic E-state index is -4.74. The largest absolute Gasteiger partial charge is 0.480 e. The number of hydrogen-bond donors (Lipinski definition) is 2. The summed E-state index contributed by atoms with van der Waals surface area (Å²) in [5, 5.41) is 10.6. The standard InChI is InChI=1S/C20H20F4N6O3/c1-10-14(9-25-27-10)26-18(31)12-7-13(21)15(8-16(12)33-11(2)20(22,23)24)30-19(32)29-6-4-3-5-17(29)28-30/h7-9,11H,3-6H2,1-2H3,(H,25,27)(H,26,31)/p+1/t11-/m0/s1. The summed E-state index contributed by atoms with van der Waals surface area (Å²) in [5.74, 6) is -1.99. The van der Waals surface area contributed by atoms with Gasteiger partial charge in [-0.05, 0) is 32.8 Å². The van der Waals surface area contributed by atoms with Gasteiger partial charge in [-0.3, -0.25) is 9.36 Å². The van der Waals surface area contributed by atoms with Crippen LogP contribution in [0.5, 0.6) is 5.75 Å². The van der Waals surface area contributed by atoms with Gasteiger partial charge in [0.1, 0.15) is 40.7 Å². The minimum Gasteiger partial charge on any atom is -0.480 e. The Morgan fingerprint density at radius 2 is 2.06 bits per heavy atom. The van der Waals surface area contributed by atoms with Crippen molar-refractivity contribution in [1.29, 1.82) is 0 Å². The Balaban J connectivity index is 1.78. The second-order valence-corrected chi connectivity index (χ2v) is 7.72. The number of carbonyl (C=O) groups excluding carboxylic acids is 1. The zero-order valence-corrected chi connectivity index (χ0v) is 17.7. The number of nitrogens with one attached hydrogen (secondary N) is 1. The van der Waals surface area contributed by atoms with E-state index in [4.69, 9.17) is 4.74 Å². The number of allylic oxidation sites excluding steroid dienone is 1. The van der Waals surface area contributed by atoms with E-state index in [1.54, 1.807) is 6.92 Å². The molecule has 1 amide bonds. The van der Waals surface area contributed by atoms with E-state index in [1.165, 1.54) is 16.2 Å². The predicted molar refractivity (Wildman–Crippen MR) is 107 cm³/mol. The first-order valence-electron chi connectivity index (χ1n) is 10.2. The number of aryl methyl sites for hydroxylation is 1. The Kier molecular flexibility index (Phi) is 5.82. The first-order valence-corrected chi connectivity index (χ1v) is 10.2. The number of ether oxygens (including phenoxy) is 1. The number of halogens is 4. The number of nitrogens with two attached hydrogens (primary N) is 1. The van der Waals surface area contributed by atoms with Gasteiger partial charge in [0.05, 0.1) is 5.56 Å². The van der Waals surface area contributed by atoms with Gasteiger partial charge in [0.2, 0.25) is 0 Å². The van der Waals surface area contributed by atoms with Crippen LogP contribution in [-0.4, -0.2) is 38.2 Å². The molecule has 13 heteroatoms. The van der Waals surface area contributed by atoms with E-state index in [0.717, 1.165) is 36.6 Å². The number of fused-ring (bicyclic) bond motifs is 1. The molecule has 3 heterocycles. The third-order valence-corrected chi connectivity index (χ3v) is 5.41. The molecule has 0 spiro atoms. The average molecular weight is 469 g/mol. The van der Waals surface area contributed by atoms with E-state index in [1.807, 2.05) is 0 Å². The molecule has 2 aliphatic heterocycles. The van der Waals surface area contributed by atoms with Crippen LogP contribution in [0.2, 0.25) is 0 Å². The van der Waals surface area contributed by atoms with Crippen molar-refractivity contribution in [3.8, 4) is 11.4 Å². The molecule has 1 aromatic carbocycles. The van der Waals surface area contributed by atoms with Gasteiger partial charge in [-0.1, -0.05) is 5.10 Å². The van der Waals surface area contributed by atoms with Crippen molar-refractivity contribution in [3.05, 3.63) is 51.7 Å². The van der Waals surface area contributed by atoms with Crippen molar-refractivity contribution in [2.75, 3.05) is 0 Å². The minimum absolute atomic E-state index is 0.317. The van der Waals surface area contributed by atoms with Crippen molar-refractivity contribution in [2.45, 2.75) is 51.9 Å². The van der Waals surface area contributed by atoms with Gasteiger partial charge >= 0.3 is 11.9 Å². The van der Waals surface area contributed by atoms with Gasteiger partial charge in [-0.25, -0.2) is 9.18 Å². The van der Waals surface area contributed by atoms with Crippen LogP contribution >= 0.6 is 0 Å². The molecule has 176 valence electrons. The number of rotatable bonds is 5. The zero-order chi connectivity index (χ0) is 23.9. The second-order valence-electron chi connectivity index (χ2n) is 7.72. The van der Waals surface area contributed by atoms with Gasteiger partial charge < -0.3 is 10.1 Å².